The van der Waals surface area contributed by atoms with E-state index >= 15 is 0 Å². The van der Waals surface area contributed by atoms with Gasteiger partial charge in [-0.15, -0.1) is 13.2 Å². The zero-order chi connectivity index (χ0) is 24.1. The Morgan fingerprint density at radius 1 is 1.12 bits per heavy atom. The summed E-state index contributed by atoms with van der Waals surface area (Å²) >= 11 is 0. The molecule has 0 aromatic heterocycles. The fraction of sp³-hybridized carbons (Fsp3) is 0.500. The Morgan fingerprint density at radius 3 is 2.42 bits per heavy atom. The highest BCUT2D eigenvalue weighted by Crippen LogP contribution is 2.29. The summed E-state index contributed by atoms with van der Waals surface area (Å²) in [6.45, 7) is 7.20. The number of rotatable bonds is 14. The van der Waals surface area contributed by atoms with E-state index in [-0.39, 0.29) is 43.8 Å². The minimum absolute atomic E-state index is 0.00758. The number of carbonyl (C=O) groups is 3. The number of amides is 2. The largest absolute Gasteiger partial charge is 0.463 e. The molecule has 1 aromatic rings. The van der Waals surface area contributed by atoms with E-state index in [9.17, 15) is 19.5 Å². The highest BCUT2D eigenvalue weighted by molar-refractivity contribution is 5.86. The molecule has 1 aliphatic rings. The number of aliphatic hydroxyl groups excluding tert-OH is 1. The van der Waals surface area contributed by atoms with E-state index < -0.39 is 17.5 Å². The van der Waals surface area contributed by atoms with Gasteiger partial charge in [0.05, 0.1) is 24.1 Å². The maximum atomic E-state index is 13.1. The van der Waals surface area contributed by atoms with Gasteiger partial charge in [0.1, 0.15) is 6.61 Å². The number of nitrogens with one attached hydrogen (secondary N) is 2. The lowest BCUT2D eigenvalue weighted by Crippen LogP contribution is -2.50. The molecule has 2 atom stereocenters. The van der Waals surface area contributed by atoms with E-state index in [1.807, 2.05) is 30.3 Å². The molecule has 1 saturated carbocycles. The second kappa shape index (κ2) is 13.6. The molecule has 0 spiro atoms. The summed E-state index contributed by atoms with van der Waals surface area (Å²) in [5.41, 5.74) is 0.216. The Hall–Kier alpha value is -2.93. The van der Waals surface area contributed by atoms with Crippen LogP contribution in [0.25, 0.3) is 0 Å². The van der Waals surface area contributed by atoms with Crippen LogP contribution in [-0.4, -0.2) is 41.6 Å². The highest BCUT2D eigenvalue weighted by Gasteiger charge is 2.35. The Balaban J connectivity index is 2.04. The minimum Gasteiger partial charge on any atom is -0.463 e. The number of hydrogen-bond acceptors (Lipinski definition) is 5. The van der Waals surface area contributed by atoms with Crippen molar-refractivity contribution in [2.75, 3.05) is 13.2 Å². The number of allylic oxidation sites excluding steroid dienone is 2. The van der Waals surface area contributed by atoms with E-state index in [0.717, 1.165) is 31.2 Å². The molecule has 0 radical (unpaired) electrons. The number of carbonyl (C=O) groups excluding carboxylic acids is 3. The lowest BCUT2D eigenvalue weighted by Gasteiger charge is -2.29. The third-order valence-electron chi connectivity index (χ3n) is 6.00. The summed E-state index contributed by atoms with van der Waals surface area (Å²) in [5, 5.41) is 15.6. The van der Waals surface area contributed by atoms with Crippen LogP contribution in [0.5, 0.6) is 0 Å². The highest BCUT2D eigenvalue weighted by atomic mass is 16.5. The predicted molar refractivity (Wildman–Crippen MR) is 127 cm³/mol. The molecule has 7 heteroatoms. The molecule has 0 bridgehead atoms. The molecule has 2 rings (SSSR count). The van der Waals surface area contributed by atoms with Gasteiger partial charge >= 0.3 is 5.97 Å². The maximum Gasteiger partial charge on any atom is 0.306 e. The van der Waals surface area contributed by atoms with Gasteiger partial charge in [0.15, 0.2) is 0 Å². The summed E-state index contributed by atoms with van der Waals surface area (Å²) < 4.78 is 5.37. The summed E-state index contributed by atoms with van der Waals surface area (Å²) in [7, 11) is 0. The fourth-order valence-corrected chi connectivity index (χ4v) is 4.09. The van der Waals surface area contributed by atoms with E-state index in [0.29, 0.717) is 12.8 Å². The fourth-order valence-electron chi connectivity index (χ4n) is 4.09. The normalized spacial score (nSPS) is 16.3. The Bertz CT molecular complexity index is 802. The lowest BCUT2D eigenvalue weighted by molar-refractivity contribution is -0.145. The second-order valence-electron chi connectivity index (χ2n) is 8.60. The molecule has 0 aliphatic heterocycles. The molecule has 0 heterocycles. The van der Waals surface area contributed by atoms with Crippen molar-refractivity contribution in [2.45, 2.75) is 62.9 Å². The van der Waals surface area contributed by atoms with Gasteiger partial charge in [0.2, 0.25) is 11.8 Å². The summed E-state index contributed by atoms with van der Waals surface area (Å²) in [6, 6.07) is 8.71. The number of esters is 1. The van der Waals surface area contributed by atoms with Crippen LogP contribution in [0.2, 0.25) is 0 Å². The number of aliphatic hydroxyl groups is 1. The first-order valence-electron chi connectivity index (χ1n) is 11.6. The Kier molecular flexibility index (Phi) is 10.8. The SMILES string of the molecule is C=CCCC(=O)OC[C@H](NC(=O)[C@@H](CC=C)CC(=O)NC1(CO)CCCC1)c1ccccc1. The maximum absolute atomic E-state index is 13.1. The van der Waals surface area contributed by atoms with Crippen molar-refractivity contribution in [3.63, 3.8) is 0 Å². The molecule has 1 aliphatic carbocycles. The minimum atomic E-state index is -0.623. The Morgan fingerprint density at radius 2 is 1.82 bits per heavy atom. The van der Waals surface area contributed by atoms with Gasteiger partial charge in [-0.3, -0.25) is 14.4 Å². The first-order chi connectivity index (χ1) is 15.9. The van der Waals surface area contributed by atoms with Gasteiger partial charge < -0.3 is 20.5 Å². The molecular weight excluding hydrogens is 420 g/mol. The zero-order valence-electron chi connectivity index (χ0n) is 19.3. The van der Waals surface area contributed by atoms with Crippen molar-refractivity contribution in [1.29, 1.82) is 0 Å². The molecule has 180 valence electrons. The van der Waals surface area contributed by atoms with Gasteiger partial charge in [-0.2, -0.15) is 0 Å². The van der Waals surface area contributed by atoms with Gasteiger partial charge in [0.25, 0.3) is 0 Å². The molecule has 3 N–H and O–H groups in total. The van der Waals surface area contributed by atoms with Crippen LogP contribution < -0.4 is 10.6 Å². The summed E-state index contributed by atoms with van der Waals surface area (Å²) in [5.74, 6) is -1.56. The van der Waals surface area contributed by atoms with Crippen molar-refractivity contribution in [3.8, 4) is 0 Å². The zero-order valence-corrected chi connectivity index (χ0v) is 19.3. The van der Waals surface area contributed by atoms with Crippen LogP contribution in [0.1, 0.15) is 63.0 Å². The van der Waals surface area contributed by atoms with Crippen LogP contribution in [-0.2, 0) is 19.1 Å². The van der Waals surface area contributed by atoms with E-state index in [1.165, 1.54) is 0 Å². The smallest absolute Gasteiger partial charge is 0.306 e. The second-order valence-corrected chi connectivity index (χ2v) is 8.60. The standard InChI is InChI=1S/C26H36N2O5/c1-3-5-14-24(31)33-18-22(20-12-7-6-8-13-20)27-25(32)21(11-4-2)17-23(30)28-26(19-29)15-9-10-16-26/h3-4,6-8,12-13,21-22,29H,1-2,5,9-11,14-19H2,(H,27,32)(H,28,30)/t21-,22-/m0/s1. The van der Waals surface area contributed by atoms with Crippen LogP contribution in [0.15, 0.2) is 55.6 Å². The molecule has 1 fully saturated rings. The lowest BCUT2D eigenvalue weighted by atomic mass is 9.95. The Labute approximate surface area is 196 Å². The van der Waals surface area contributed by atoms with E-state index in [1.54, 1.807) is 12.2 Å². The molecule has 2 amide bonds. The molecule has 0 unspecified atom stereocenters. The van der Waals surface area contributed by atoms with Crippen molar-refractivity contribution in [3.05, 3.63) is 61.2 Å². The summed E-state index contributed by atoms with van der Waals surface area (Å²) in [4.78, 5) is 37.8. The van der Waals surface area contributed by atoms with Crippen molar-refractivity contribution >= 4 is 17.8 Å². The topological polar surface area (TPSA) is 105 Å². The van der Waals surface area contributed by atoms with Gasteiger partial charge in [0, 0.05) is 12.8 Å². The predicted octanol–water partition coefficient (Wildman–Crippen LogP) is 3.36. The molecule has 7 nitrogen and oxygen atoms in total. The first kappa shape index (κ1) is 26.3. The number of benzene rings is 1. The monoisotopic (exact) mass is 456 g/mol. The number of hydrogen-bond donors (Lipinski definition) is 3. The molecular formula is C26H36N2O5. The van der Waals surface area contributed by atoms with E-state index in [2.05, 4.69) is 23.8 Å². The van der Waals surface area contributed by atoms with Crippen molar-refractivity contribution in [1.82, 2.24) is 10.6 Å². The van der Waals surface area contributed by atoms with E-state index in [4.69, 9.17) is 4.74 Å². The van der Waals surface area contributed by atoms with Gasteiger partial charge in [-0.25, -0.2) is 0 Å². The first-order valence-corrected chi connectivity index (χ1v) is 11.6. The van der Waals surface area contributed by atoms with Crippen molar-refractivity contribution in [2.24, 2.45) is 5.92 Å². The van der Waals surface area contributed by atoms with Crippen LogP contribution in [0.3, 0.4) is 0 Å². The summed E-state index contributed by atoms with van der Waals surface area (Å²) in [6.07, 6.45) is 7.71. The third kappa shape index (κ3) is 8.50. The average molecular weight is 457 g/mol. The van der Waals surface area contributed by atoms with Crippen molar-refractivity contribution < 1.29 is 24.2 Å². The average Bonchev–Trinajstić information content (AvgIpc) is 3.29. The van der Waals surface area contributed by atoms with Crippen LogP contribution >= 0.6 is 0 Å². The van der Waals surface area contributed by atoms with Crippen LogP contribution in [0, 0.1) is 5.92 Å². The molecule has 33 heavy (non-hydrogen) atoms. The van der Waals surface area contributed by atoms with Gasteiger partial charge in [-0.1, -0.05) is 55.3 Å². The quantitative estimate of drug-likeness (QED) is 0.294. The molecule has 1 aromatic carbocycles. The van der Waals surface area contributed by atoms with Gasteiger partial charge in [-0.05, 0) is 31.2 Å². The molecule has 0 saturated heterocycles. The van der Waals surface area contributed by atoms with Crippen LogP contribution in [0.4, 0.5) is 0 Å². The third-order valence-corrected chi connectivity index (χ3v) is 6.00. The number of ether oxygens (including phenoxy) is 1.